The molecule has 4 heterocycles. The van der Waals surface area contributed by atoms with Crippen molar-refractivity contribution < 1.29 is 71.7 Å². The zero-order valence-corrected chi connectivity index (χ0v) is 45.9. The first-order valence-corrected chi connectivity index (χ1v) is 28.9. The summed E-state index contributed by atoms with van der Waals surface area (Å²) >= 11 is 0. The fraction of sp³-hybridized carbons (Fsp3) is 0.778. The minimum atomic E-state index is -2.66. The predicted molar refractivity (Wildman–Crippen MR) is 266 cm³/mol. The van der Waals surface area contributed by atoms with Crippen LogP contribution in [0, 0.1) is 22.2 Å². The Morgan fingerprint density at radius 3 is 2.12 bits per heavy atom. The molecule has 6 fully saturated rings. The molecule has 1 aromatic rings. The predicted octanol–water partition coefficient (Wildman–Crippen LogP) is 6.62. The molecule has 3 aliphatic carbocycles. The Kier molecular flexibility index (Phi) is 14.9. The molecule has 8 rings (SSSR count). The summed E-state index contributed by atoms with van der Waals surface area (Å²) in [6.45, 7) is 26.1. The third-order valence-corrected chi connectivity index (χ3v) is 22.7. The van der Waals surface area contributed by atoms with Crippen LogP contribution in [0.25, 0.3) is 0 Å². The highest BCUT2D eigenvalue weighted by molar-refractivity contribution is 6.73. The molecule has 0 spiro atoms. The number of aliphatic hydroxyl groups is 2. The smallest absolute Gasteiger partial charge is 0.407 e. The van der Waals surface area contributed by atoms with E-state index in [1.54, 1.807) is 51.1 Å². The lowest BCUT2D eigenvalue weighted by molar-refractivity contribution is -0.345. The molecule has 1 amide bonds. The fourth-order valence-electron chi connectivity index (χ4n) is 13.5. The highest BCUT2D eigenvalue weighted by Crippen LogP contribution is 2.67. The quantitative estimate of drug-likeness (QED) is 0.0689. The lowest BCUT2D eigenvalue weighted by Gasteiger charge is -2.68. The highest BCUT2D eigenvalue weighted by atomic mass is 28.4. The molecule has 17 nitrogen and oxygen atoms in total. The Labute approximate surface area is 426 Å². The van der Waals surface area contributed by atoms with Crippen molar-refractivity contribution in [2.45, 2.75) is 205 Å². The number of carbonyl (C=O) groups excluding carboxylic acids is 4. The first-order valence-electron chi connectivity index (χ1n) is 26.4. The van der Waals surface area contributed by atoms with E-state index in [1.165, 1.54) is 6.92 Å². The number of ether oxygens (including phenoxy) is 8. The maximum absolute atomic E-state index is 15.6. The number of fused-ring (bicyclic) bond motifs is 8. The average Bonchev–Trinajstić information content (AvgIpc) is 3.70. The number of nitrogens with one attached hydrogen (secondary N) is 1. The summed E-state index contributed by atoms with van der Waals surface area (Å²) in [5.74, 6) is -2.95. The van der Waals surface area contributed by atoms with E-state index in [0.717, 1.165) is 0 Å². The van der Waals surface area contributed by atoms with Gasteiger partial charge in [0.2, 0.25) is 0 Å². The molecular formula is C54H82N2O15Si. The molecule has 7 aliphatic rings. The zero-order chi connectivity index (χ0) is 52.6. The maximum Gasteiger partial charge on any atom is 0.407 e. The minimum Gasteiger partial charge on any atom is -0.456 e. The van der Waals surface area contributed by atoms with Crippen molar-refractivity contribution >= 4 is 32.3 Å². The largest absolute Gasteiger partial charge is 0.456 e. The molecule has 402 valence electrons. The number of likely N-dealkylation sites (tertiary alicyclic amines) is 1. The second-order valence-electron chi connectivity index (χ2n) is 24.2. The molecule has 2 bridgehead atoms. The maximum atomic E-state index is 15.6. The molecule has 72 heavy (non-hydrogen) atoms. The first kappa shape index (κ1) is 54.8. The van der Waals surface area contributed by atoms with Gasteiger partial charge in [0.25, 0.3) is 0 Å². The first-order chi connectivity index (χ1) is 33.7. The molecule has 0 radical (unpaired) electrons. The van der Waals surface area contributed by atoms with Gasteiger partial charge >= 0.3 is 24.0 Å². The summed E-state index contributed by atoms with van der Waals surface area (Å²) in [6.07, 6.45) is -6.32. The van der Waals surface area contributed by atoms with Crippen LogP contribution >= 0.6 is 0 Å². The summed E-state index contributed by atoms with van der Waals surface area (Å²) in [5, 5.41) is 28.4. The number of nitrogens with zero attached hydrogens (tertiary/aromatic N) is 1. The van der Waals surface area contributed by atoms with E-state index in [2.05, 4.69) is 31.0 Å². The van der Waals surface area contributed by atoms with E-state index in [1.807, 2.05) is 41.5 Å². The highest BCUT2D eigenvalue weighted by Gasteiger charge is 2.77. The van der Waals surface area contributed by atoms with Crippen LogP contribution in [0.15, 0.2) is 41.5 Å². The van der Waals surface area contributed by atoms with Gasteiger partial charge in [0.05, 0.1) is 49.0 Å². The molecule has 3 N–H and O–H groups in total. The number of rotatable bonds is 16. The number of hydrogen-bond acceptors (Lipinski definition) is 16. The number of β-amino-alcohol motifs (C(OH)–C–C–N with tert-alkyl or cyclic N) is 1. The average molecular weight is 1030 g/mol. The van der Waals surface area contributed by atoms with Crippen molar-refractivity contribution in [3.05, 3.63) is 47.0 Å². The van der Waals surface area contributed by atoms with Gasteiger partial charge in [-0.2, -0.15) is 0 Å². The molecule has 0 unspecified atom stereocenters. The summed E-state index contributed by atoms with van der Waals surface area (Å²) in [6, 6.07) is 9.67. The van der Waals surface area contributed by atoms with Gasteiger partial charge in [-0.1, -0.05) is 73.6 Å². The standard InChI is InChI=1S/C54H82N2O15Si/c1-14-52(61)27-56(28-52)26-37-66-39-38-32(5)35(65-46(59)40(71-72(15-2,16-3)17-4)42(50(12)29-63-30-50)55-47(60)70-48(7,8)9)25-54(62,49(38,10)11)44(68-45(58)34-21-19-18-20-22-34)41-51(13,43(39)67-37)24-23-36-53(41,31-64-36)69-33(6)57/h18-22,35-37,39-44,61-62H,14-17,23-31H2,1-13H3,(H,55,60)/t35-,36+,37+,39+,40+,41-,42+,43+,44-,51+,53-,54+/m0/s1. The van der Waals surface area contributed by atoms with Gasteiger partial charge in [-0.3, -0.25) is 9.69 Å². The molecule has 18 heteroatoms. The molecule has 0 aromatic heterocycles. The lowest BCUT2D eigenvalue weighted by Crippen LogP contribution is -2.79. The van der Waals surface area contributed by atoms with E-state index in [-0.39, 0.29) is 31.8 Å². The van der Waals surface area contributed by atoms with E-state index in [4.69, 9.17) is 42.3 Å². The summed E-state index contributed by atoms with van der Waals surface area (Å²) in [5.41, 5.74) is -6.62. The van der Waals surface area contributed by atoms with Gasteiger partial charge in [0.1, 0.15) is 35.6 Å². The van der Waals surface area contributed by atoms with Crippen LogP contribution in [-0.4, -0.2) is 158 Å². The summed E-state index contributed by atoms with van der Waals surface area (Å²) < 4.78 is 59.4. The topological polar surface area (TPSA) is 207 Å². The number of benzene rings is 1. The van der Waals surface area contributed by atoms with E-state index in [9.17, 15) is 24.6 Å². The van der Waals surface area contributed by atoms with Crippen molar-refractivity contribution in [2.75, 3.05) is 39.5 Å². The number of amides is 1. The fourth-order valence-corrected chi connectivity index (χ4v) is 16.3. The van der Waals surface area contributed by atoms with Gasteiger partial charge in [0, 0.05) is 49.2 Å². The third-order valence-electron chi connectivity index (χ3n) is 18.0. The van der Waals surface area contributed by atoms with Gasteiger partial charge in [-0.05, 0) is 88.4 Å². The van der Waals surface area contributed by atoms with Crippen LogP contribution in [0.2, 0.25) is 18.1 Å². The Hall–Kier alpha value is -3.46. The van der Waals surface area contributed by atoms with E-state index >= 15 is 4.79 Å². The molecular weight excluding hydrogens is 945 g/mol. The molecule has 2 saturated carbocycles. The zero-order valence-electron chi connectivity index (χ0n) is 44.9. The normalized spacial score (nSPS) is 35.2. The SMILES string of the molecule is CCC1(O)CN(C[C@@H]2O[C@@H]3C4=C(C)[C@@H](OC(=O)[C@H](O[Si](CC)(CC)CC)[C@@H](NC(=O)OC(C)(C)C)C5(C)COC5)C[C@@](O)([C@@H](OC(=O)c5ccccc5)[C@H]5[C@@](C)(CC[C@H]6OC[C@]65OC(C)=O)[C@@H]3O2)C4(C)C)C1. The number of alkyl carbamates (subject to hydrolysis) is 1. The third kappa shape index (κ3) is 9.49. The Balaban J connectivity index is 1.29. The van der Waals surface area contributed by atoms with Crippen molar-refractivity contribution in [1.82, 2.24) is 10.2 Å². The Bertz CT molecular complexity index is 2230. The van der Waals surface area contributed by atoms with Crippen LogP contribution in [0.1, 0.15) is 126 Å². The Morgan fingerprint density at radius 2 is 1.58 bits per heavy atom. The van der Waals surface area contributed by atoms with Gasteiger partial charge in [0.15, 0.2) is 26.3 Å². The van der Waals surface area contributed by atoms with Crippen molar-refractivity contribution in [2.24, 2.45) is 22.2 Å². The molecule has 12 atom stereocenters. The molecule has 1 aromatic carbocycles. The summed E-state index contributed by atoms with van der Waals surface area (Å²) in [4.78, 5) is 59.6. The van der Waals surface area contributed by atoms with Crippen LogP contribution < -0.4 is 5.32 Å². The van der Waals surface area contributed by atoms with Crippen LogP contribution in [-0.2, 0) is 51.9 Å². The number of hydrogen-bond donors (Lipinski definition) is 3. The molecule has 4 saturated heterocycles. The van der Waals surface area contributed by atoms with Crippen LogP contribution in [0.3, 0.4) is 0 Å². The van der Waals surface area contributed by atoms with Crippen molar-refractivity contribution in [3.8, 4) is 0 Å². The summed E-state index contributed by atoms with van der Waals surface area (Å²) in [7, 11) is -2.66. The van der Waals surface area contributed by atoms with Crippen molar-refractivity contribution in [3.63, 3.8) is 0 Å². The van der Waals surface area contributed by atoms with Gasteiger partial charge in [-0.25, -0.2) is 14.4 Å². The van der Waals surface area contributed by atoms with Gasteiger partial charge in [-0.15, -0.1) is 0 Å². The lowest BCUT2D eigenvalue weighted by atomic mass is 9.45. The number of carbonyl (C=O) groups is 4. The van der Waals surface area contributed by atoms with E-state index < -0.39 is 126 Å². The molecule has 4 aliphatic heterocycles. The number of esters is 3. The monoisotopic (exact) mass is 1030 g/mol. The van der Waals surface area contributed by atoms with Crippen LogP contribution in [0.5, 0.6) is 0 Å². The second-order valence-corrected chi connectivity index (χ2v) is 28.9. The van der Waals surface area contributed by atoms with E-state index in [0.29, 0.717) is 68.2 Å². The minimum absolute atomic E-state index is 0.0238. The second kappa shape index (κ2) is 19.6. The Morgan fingerprint density at radius 1 is 0.931 bits per heavy atom. The van der Waals surface area contributed by atoms with Gasteiger partial charge < -0.3 is 57.9 Å². The van der Waals surface area contributed by atoms with Crippen molar-refractivity contribution in [1.29, 1.82) is 0 Å². The van der Waals surface area contributed by atoms with Crippen LogP contribution in [0.4, 0.5) is 4.79 Å².